The van der Waals surface area contributed by atoms with Crippen LogP contribution < -0.4 is 19.5 Å². The van der Waals surface area contributed by atoms with Crippen molar-refractivity contribution in [3.63, 3.8) is 0 Å². The molecule has 0 saturated carbocycles. The van der Waals surface area contributed by atoms with Gasteiger partial charge in [-0.3, -0.25) is 9.10 Å². The van der Waals surface area contributed by atoms with E-state index >= 15 is 0 Å². The SMILES string of the molecule is COc1ccc(N(C)S(=O)(=O)c2cccc(C(=O)Oc3cccc(C(N)=O)c3)c2)cc1. The standard InChI is InChI=1S/C22H20N2O6S/c1-24(17-9-11-18(29-2)12-10-17)31(27,28)20-8-4-6-16(14-20)22(26)30-19-7-3-5-15(13-19)21(23)25/h3-14H,1-2H3,(H2,23,25). The van der Waals surface area contributed by atoms with Crippen LogP contribution in [0.15, 0.2) is 77.7 Å². The largest absolute Gasteiger partial charge is 0.497 e. The minimum atomic E-state index is -3.93. The molecule has 0 aliphatic rings. The predicted octanol–water partition coefficient (Wildman–Crippen LogP) is 2.84. The number of amides is 1. The monoisotopic (exact) mass is 440 g/mol. The zero-order valence-corrected chi connectivity index (χ0v) is 17.6. The van der Waals surface area contributed by atoms with Crippen LogP contribution in [-0.2, 0) is 10.0 Å². The number of primary amides is 1. The maximum Gasteiger partial charge on any atom is 0.343 e. The summed E-state index contributed by atoms with van der Waals surface area (Å²) in [7, 11) is -1.00. The minimum Gasteiger partial charge on any atom is -0.497 e. The third-order valence-corrected chi connectivity index (χ3v) is 6.27. The van der Waals surface area contributed by atoms with Gasteiger partial charge in [0, 0.05) is 12.6 Å². The Balaban J connectivity index is 1.85. The summed E-state index contributed by atoms with van der Waals surface area (Å²) >= 11 is 0. The van der Waals surface area contributed by atoms with Gasteiger partial charge >= 0.3 is 5.97 Å². The second kappa shape index (κ2) is 8.88. The summed E-state index contributed by atoms with van der Waals surface area (Å²) in [6, 6.07) is 17.9. The van der Waals surface area contributed by atoms with Gasteiger partial charge in [-0.15, -0.1) is 0 Å². The molecule has 9 heteroatoms. The maximum absolute atomic E-state index is 13.0. The first-order valence-electron chi connectivity index (χ1n) is 9.07. The van der Waals surface area contributed by atoms with Crippen LogP contribution in [0.1, 0.15) is 20.7 Å². The number of nitrogens with two attached hydrogens (primary N) is 1. The molecule has 0 atom stereocenters. The molecule has 3 aromatic carbocycles. The highest BCUT2D eigenvalue weighted by Gasteiger charge is 2.23. The number of carbonyl (C=O) groups excluding carboxylic acids is 2. The van der Waals surface area contributed by atoms with Gasteiger partial charge in [-0.1, -0.05) is 12.1 Å². The molecule has 0 aromatic heterocycles. The Kier molecular flexibility index (Phi) is 6.26. The van der Waals surface area contributed by atoms with Crippen molar-refractivity contribution in [2.45, 2.75) is 4.90 Å². The molecule has 3 aromatic rings. The molecule has 0 bridgehead atoms. The van der Waals surface area contributed by atoms with Gasteiger partial charge in [-0.25, -0.2) is 13.2 Å². The first-order valence-corrected chi connectivity index (χ1v) is 10.5. The zero-order valence-electron chi connectivity index (χ0n) is 16.8. The van der Waals surface area contributed by atoms with Crippen molar-refractivity contribution in [1.29, 1.82) is 0 Å². The topological polar surface area (TPSA) is 116 Å². The molecule has 0 aliphatic heterocycles. The van der Waals surface area contributed by atoms with Gasteiger partial charge in [0.2, 0.25) is 5.91 Å². The summed E-state index contributed by atoms with van der Waals surface area (Å²) in [6.45, 7) is 0. The second-order valence-corrected chi connectivity index (χ2v) is 8.45. The summed E-state index contributed by atoms with van der Waals surface area (Å²) in [5.74, 6) is -0.720. The number of nitrogens with zero attached hydrogens (tertiary/aromatic N) is 1. The van der Waals surface area contributed by atoms with Crippen molar-refractivity contribution in [2.24, 2.45) is 5.73 Å². The van der Waals surface area contributed by atoms with Crippen LogP contribution >= 0.6 is 0 Å². The van der Waals surface area contributed by atoms with E-state index in [0.29, 0.717) is 11.4 Å². The van der Waals surface area contributed by atoms with Crippen LogP contribution in [0.25, 0.3) is 0 Å². The Morgan fingerprint density at radius 1 is 0.871 bits per heavy atom. The van der Waals surface area contributed by atoms with E-state index in [1.165, 1.54) is 62.7 Å². The molecular formula is C22H20N2O6S. The lowest BCUT2D eigenvalue weighted by molar-refractivity contribution is 0.0733. The number of carbonyl (C=O) groups is 2. The Morgan fingerprint density at radius 2 is 1.52 bits per heavy atom. The van der Waals surface area contributed by atoms with Gasteiger partial charge in [0.25, 0.3) is 10.0 Å². The molecular weight excluding hydrogens is 420 g/mol. The minimum absolute atomic E-state index is 0.0358. The second-order valence-electron chi connectivity index (χ2n) is 6.48. The van der Waals surface area contributed by atoms with Gasteiger partial charge < -0.3 is 15.2 Å². The summed E-state index contributed by atoms with van der Waals surface area (Å²) in [4.78, 5) is 23.7. The highest BCUT2D eigenvalue weighted by molar-refractivity contribution is 7.92. The number of methoxy groups -OCH3 is 1. The zero-order chi connectivity index (χ0) is 22.6. The van der Waals surface area contributed by atoms with Crippen molar-refractivity contribution in [3.05, 3.63) is 83.9 Å². The molecule has 31 heavy (non-hydrogen) atoms. The summed E-state index contributed by atoms with van der Waals surface area (Å²) in [5.41, 5.74) is 5.87. The van der Waals surface area contributed by atoms with Crippen LogP contribution in [0.3, 0.4) is 0 Å². The molecule has 160 valence electrons. The van der Waals surface area contributed by atoms with E-state index in [1.807, 2.05) is 0 Å². The van der Waals surface area contributed by atoms with E-state index in [1.54, 1.807) is 24.3 Å². The number of rotatable bonds is 7. The van der Waals surface area contributed by atoms with Gasteiger partial charge in [0.05, 0.1) is 23.3 Å². The van der Waals surface area contributed by atoms with Crippen molar-refractivity contribution >= 4 is 27.6 Å². The fraction of sp³-hybridized carbons (Fsp3) is 0.0909. The number of anilines is 1. The molecule has 0 saturated heterocycles. The highest BCUT2D eigenvalue weighted by Crippen LogP contribution is 2.25. The highest BCUT2D eigenvalue weighted by atomic mass is 32.2. The normalized spacial score (nSPS) is 10.9. The lowest BCUT2D eigenvalue weighted by Crippen LogP contribution is -2.26. The van der Waals surface area contributed by atoms with Crippen LogP contribution in [-0.4, -0.2) is 34.5 Å². The van der Waals surface area contributed by atoms with Gasteiger partial charge in [-0.05, 0) is 60.7 Å². The molecule has 0 unspecified atom stereocenters. The molecule has 0 fully saturated rings. The Hall–Kier alpha value is -3.85. The van der Waals surface area contributed by atoms with Crippen LogP contribution in [0.5, 0.6) is 11.5 Å². The lowest BCUT2D eigenvalue weighted by Gasteiger charge is -2.20. The number of hydrogen-bond acceptors (Lipinski definition) is 6. The summed E-state index contributed by atoms with van der Waals surface area (Å²) in [5, 5.41) is 0. The van der Waals surface area contributed by atoms with Crippen molar-refractivity contribution in [1.82, 2.24) is 0 Å². The molecule has 0 radical (unpaired) electrons. The van der Waals surface area contributed by atoms with Crippen LogP contribution in [0.4, 0.5) is 5.69 Å². The number of benzene rings is 3. The Labute approximate surface area is 179 Å². The molecule has 0 spiro atoms. The first kappa shape index (κ1) is 21.8. The van der Waals surface area contributed by atoms with Gasteiger partial charge in [-0.2, -0.15) is 0 Å². The van der Waals surface area contributed by atoms with E-state index in [0.717, 1.165) is 4.31 Å². The van der Waals surface area contributed by atoms with E-state index in [2.05, 4.69) is 0 Å². The summed E-state index contributed by atoms with van der Waals surface area (Å²) < 4.78 is 37.5. The maximum atomic E-state index is 13.0. The average molecular weight is 440 g/mol. The number of hydrogen-bond donors (Lipinski definition) is 1. The van der Waals surface area contributed by atoms with E-state index in [9.17, 15) is 18.0 Å². The number of sulfonamides is 1. The molecule has 0 heterocycles. The third-order valence-electron chi connectivity index (χ3n) is 4.49. The van der Waals surface area contributed by atoms with Crippen molar-refractivity contribution in [2.75, 3.05) is 18.5 Å². The molecule has 0 aliphatic carbocycles. The predicted molar refractivity (Wildman–Crippen MR) is 115 cm³/mol. The van der Waals surface area contributed by atoms with E-state index in [4.69, 9.17) is 15.2 Å². The van der Waals surface area contributed by atoms with Crippen molar-refractivity contribution in [3.8, 4) is 11.5 Å². The molecule has 1 amide bonds. The van der Waals surface area contributed by atoms with Crippen molar-refractivity contribution < 1.29 is 27.5 Å². The molecule has 2 N–H and O–H groups in total. The van der Waals surface area contributed by atoms with E-state index < -0.39 is 21.9 Å². The molecule has 3 rings (SSSR count). The fourth-order valence-corrected chi connectivity index (χ4v) is 3.99. The van der Waals surface area contributed by atoms with E-state index in [-0.39, 0.29) is 21.8 Å². The summed E-state index contributed by atoms with van der Waals surface area (Å²) in [6.07, 6.45) is 0. The van der Waals surface area contributed by atoms with Crippen LogP contribution in [0.2, 0.25) is 0 Å². The fourth-order valence-electron chi connectivity index (χ4n) is 2.75. The number of esters is 1. The average Bonchev–Trinajstić information content (AvgIpc) is 2.78. The number of ether oxygens (including phenoxy) is 2. The molecule has 8 nitrogen and oxygen atoms in total. The Bertz CT molecular complexity index is 1220. The van der Waals surface area contributed by atoms with Gasteiger partial charge in [0.1, 0.15) is 11.5 Å². The Morgan fingerprint density at radius 3 is 2.16 bits per heavy atom. The first-order chi connectivity index (χ1) is 14.7. The van der Waals surface area contributed by atoms with Crippen LogP contribution in [0, 0.1) is 0 Å². The smallest absolute Gasteiger partial charge is 0.343 e. The quantitative estimate of drug-likeness (QED) is 0.446. The third kappa shape index (κ3) is 4.84. The van der Waals surface area contributed by atoms with Gasteiger partial charge in [0.15, 0.2) is 0 Å². The lowest BCUT2D eigenvalue weighted by atomic mass is 10.2.